The molecule has 1 aromatic carbocycles. The van der Waals surface area contributed by atoms with Crippen molar-refractivity contribution in [3.05, 3.63) is 36.3 Å². The van der Waals surface area contributed by atoms with Gasteiger partial charge in [0.05, 0.1) is 5.69 Å². The summed E-state index contributed by atoms with van der Waals surface area (Å²) in [6.45, 7) is 4.18. The lowest BCUT2D eigenvalue weighted by Gasteiger charge is -2.07. The lowest BCUT2D eigenvalue weighted by molar-refractivity contribution is 0.479. The molecule has 0 aliphatic heterocycles. The van der Waals surface area contributed by atoms with Gasteiger partial charge in [0.1, 0.15) is 11.5 Å². The molecular formula is C13H16FN3. The second kappa shape index (κ2) is 4.57. The molecule has 1 atom stereocenters. The van der Waals surface area contributed by atoms with Crippen molar-refractivity contribution in [2.45, 2.75) is 26.3 Å². The van der Waals surface area contributed by atoms with E-state index in [1.54, 1.807) is 12.1 Å². The second-order valence-corrected chi connectivity index (χ2v) is 4.18. The molecule has 17 heavy (non-hydrogen) atoms. The topological polar surface area (TPSA) is 43.8 Å². The van der Waals surface area contributed by atoms with Gasteiger partial charge in [-0.2, -0.15) is 5.10 Å². The molecule has 0 aliphatic rings. The van der Waals surface area contributed by atoms with E-state index in [1.807, 2.05) is 10.9 Å². The van der Waals surface area contributed by atoms with Gasteiger partial charge in [-0.05, 0) is 37.6 Å². The minimum absolute atomic E-state index is 0.256. The first-order chi connectivity index (χ1) is 8.11. The van der Waals surface area contributed by atoms with Crippen LogP contribution in [0.1, 0.15) is 26.3 Å². The van der Waals surface area contributed by atoms with Crippen molar-refractivity contribution < 1.29 is 4.39 Å². The molecule has 0 spiro atoms. The van der Waals surface area contributed by atoms with Crippen LogP contribution in [-0.2, 0) is 0 Å². The predicted octanol–water partition coefficient (Wildman–Crippen LogP) is 3.24. The zero-order valence-electron chi connectivity index (χ0n) is 10.0. The van der Waals surface area contributed by atoms with E-state index in [0.717, 1.165) is 12.0 Å². The van der Waals surface area contributed by atoms with Crippen LogP contribution in [0.4, 0.5) is 10.1 Å². The molecule has 1 unspecified atom stereocenters. The van der Waals surface area contributed by atoms with E-state index in [4.69, 9.17) is 5.73 Å². The fourth-order valence-corrected chi connectivity index (χ4v) is 1.65. The molecule has 0 saturated heterocycles. The van der Waals surface area contributed by atoms with E-state index in [-0.39, 0.29) is 5.82 Å². The van der Waals surface area contributed by atoms with Crippen molar-refractivity contribution in [2.75, 3.05) is 5.73 Å². The third kappa shape index (κ3) is 2.30. The van der Waals surface area contributed by atoms with Gasteiger partial charge in [0.2, 0.25) is 0 Å². The van der Waals surface area contributed by atoms with Gasteiger partial charge in [-0.25, -0.2) is 4.39 Å². The average Bonchev–Trinajstić information content (AvgIpc) is 2.71. The maximum Gasteiger partial charge on any atom is 0.123 e. The number of aromatic nitrogens is 2. The van der Waals surface area contributed by atoms with Gasteiger partial charge < -0.3 is 5.73 Å². The van der Waals surface area contributed by atoms with Crippen molar-refractivity contribution in [1.82, 2.24) is 9.78 Å². The highest BCUT2D eigenvalue weighted by molar-refractivity contribution is 5.71. The summed E-state index contributed by atoms with van der Waals surface area (Å²) in [5.41, 5.74) is 8.10. The Labute approximate surface area is 100 Å². The summed E-state index contributed by atoms with van der Waals surface area (Å²) in [5, 5.41) is 4.45. The predicted molar refractivity (Wildman–Crippen MR) is 67.0 cm³/mol. The Bertz CT molecular complexity index is 502. The van der Waals surface area contributed by atoms with Crippen LogP contribution in [0, 0.1) is 5.82 Å². The summed E-state index contributed by atoms with van der Waals surface area (Å²) >= 11 is 0. The van der Waals surface area contributed by atoms with Crippen LogP contribution < -0.4 is 5.73 Å². The first-order valence-electron chi connectivity index (χ1n) is 5.72. The van der Waals surface area contributed by atoms with Crippen LogP contribution in [0.25, 0.3) is 11.3 Å². The molecule has 90 valence electrons. The quantitative estimate of drug-likeness (QED) is 0.884. The summed E-state index contributed by atoms with van der Waals surface area (Å²) in [4.78, 5) is 0. The largest absolute Gasteiger partial charge is 0.396 e. The minimum atomic E-state index is -0.256. The van der Waals surface area contributed by atoms with Gasteiger partial charge in [-0.3, -0.25) is 4.68 Å². The van der Waals surface area contributed by atoms with Crippen LogP contribution in [0.5, 0.6) is 0 Å². The number of nitrogens with two attached hydrogens (primary N) is 1. The number of benzene rings is 1. The van der Waals surface area contributed by atoms with E-state index < -0.39 is 0 Å². The number of nitrogens with zero attached hydrogens (tertiary/aromatic N) is 2. The molecule has 1 aromatic heterocycles. The summed E-state index contributed by atoms with van der Waals surface area (Å²) in [6.07, 6.45) is 2.82. The lowest BCUT2D eigenvalue weighted by Crippen LogP contribution is -2.04. The van der Waals surface area contributed by atoms with Gasteiger partial charge in [-0.15, -0.1) is 0 Å². The van der Waals surface area contributed by atoms with Crippen molar-refractivity contribution in [1.29, 1.82) is 0 Å². The molecule has 0 bridgehead atoms. The number of hydrogen-bond donors (Lipinski definition) is 1. The van der Waals surface area contributed by atoms with E-state index in [2.05, 4.69) is 18.9 Å². The highest BCUT2D eigenvalue weighted by Crippen LogP contribution is 2.25. The first-order valence-corrected chi connectivity index (χ1v) is 5.72. The Hall–Kier alpha value is -1.84. The van der Waals surface area contributed by atoms with Crippen molar-refractivity contribution >= 4 is 5.69 Å². The molecule has 3 nitrogen and oxygen atoms in total. The summed E-state index contributed by atoms with van der Waals surface area (Å²) in [5.74, 6) is -0.256. The molecule has 1 heterocycles. The smallest absolute Gasteiger partial charge is 0.123 e. The number of hydrogen-bond acceptors (Lipinski definition) is 2. The van der Waals surface area contributed by atoms with Gasteiger partial charge in [0.25, 0.3) is 0 Å². The number of anilines is 1. The molecular weight excluding hydrogens is 217 g/mol. The fourth-order valence-electron chi connectivity index (χ4n) is 1.65. The maximum absolute atomic E-state index is 12.8. The van der Waals surface area contributed by atoms with Crippen LogP contribution in [0.15, 0.2) is 30.5 Å². The summed E-state index contributed by atoms with van der Waals surface area (Å²) < 4.78 is 14.7. The fraction of sp³-hybridized carbons (Fsp3) is 0.308. The van der Waals surface area contributed by atoms with E-state index in [1.165, 1.54) is 12.1 Å². The standard InChI is InChI=1S/C13H16FN3/c1-3-9(2)17-8-12(15)13(16-17)10-4-6-11(14)7-5-10/h4-9H,3,15H2,1-2H3. The van der Waals surface area contributed by atoms with Crippen molar-refractivity contribution in [3.63, 3.8) is 0 Å². The molecule has 0 radical (unpaired) electrons. The van der Waals surface area contributed by atoms with Crippen LogP contribution in [0.3, 0.4) is 0 Å². The first kappa shape index (κ1) is 11.6. The zero-order valence-corrected chi connectivity index (χ0v) is 10.0. The Morgan fingerprint density at radius 2 is 2.00 bits per heavy atom. The Balaban J connectivity index is 2.39. The van der Waals surface area contributed by atoms with E-state index >= 15 is 0 Å². The van der Waals surface area contributed by atoms with Gasteiger partial charge >= 0.3 is 0 Å². The monoisotopic (exact) mass is 233 g/mol. The van der Waals surface area contributed by atoms with Crippen molar-refractivity contribution in [3.8, 4) is 11.3 Å². The molecule has 2 aromatic rings. The van der Waals surface area contributed by atoms with Crippen LogP contribution >= 0.6 is 0 Å². The lowest BCUT2D eigenvalue weighted by atomic mass is 10.1. The third-order valence-corrected chi connectivity index (χ3v) is 2.92. The second-order valence-electron chi connectivity index (χ2n) is 4.18. The molecule has 0 saturated carbocycles. The molecule has 2 rings (SSSR count). The number of nitrogen functional groups attached to an aromatic ring is 1. The summed E-state index contributed by atoms with van der Waals surface area (Å²) in [7, 11) is 0. The normalized spacial score (nSPS) is 12.6. The molecule has 0 aliphatic carbocycles. The zero-order chi connectivity index (χ0) is 12.4. The van der Waals surface area contributed by atoms with E-state index in [9.17, 15) is 4.39 Å². The Morgan fingerprint density at radius 3 is 2.59 bits per heavy atom. The highest BCUT2D eigenvalue weighted by Gasteiger charge is 2.11. The molecule has 4 heteroatoms. The number of rotatable bonds is 3. The van der Waals surface area contributed by atoms with E-state index in [0.29, 0.717) is 17.4 Å². The maximum atomic E-state index is 12.8. The molecule has 0 fully saturated rings. The van der Waals surface area contributed by atoms with Gasteiger partial charge in [0, 0.05) is 17.8 Å². The van der Waals surface area contributed by atoms with Crippen LogP contribution in [-0.4, -0.2) is 9.78 Å². The molecule has 2 N–H and O–H groups in total. The molecule has 0 amide bonds. The van der Waals surface area contributed by atoms with Crippen LogP contribution in [0.2, 0.25) is 0 Å². The highest BCUT2D eigenvalue weighted by atomic mass is 19.1. The summed E-state index contributed by atoms with van der Waals surface area (Å²) in [6, 6.07) is 6.52. The SMILES string of the molecule is CCC(C)n1cc(N)c(-c2ccc(F)cc2)n1. The Kier molecular flexibility index (Phi) is 3.13. The number of halogens is 1. The third-order valence-electron chi connectivity index (χ3n) is 2.92. The van der Waals surface area contributed by atoms with Gasteiger partial charge in [-0.1, -0.05) is 6.92 Å². The minimum Gasteiger partial charge on any atom is -0.396 e. The Morgan fingerprint density at radius 1 is 1.35 bits per heavy atom. The average molecular weight is 233 g/mol. The van der Waals surface area contributed by atoms with Crippen molar-refractivity contribution in [2.24, 2.45) is 0 Å². The van der Waals surface area contributed by atoms with Gasteiger partial charge in [0.15, 0.2) is 0 Å².